The van der Waals surface area contributed by atoms with Crippen molar-refractivity contribution in [2.24, 2.45) is 22.9 Å². The number of likely N-dealkylation sites (N-methyl/N-ethyl adjacent to an activating group) is 1. The Bertz CT molecular complexity index is 2060. The smallest absolute Gasteiger partial charge is 0.254 e. The zero-order valence-corrected chi connectivity index (χ0v) is 34.8. The molecule has 1 saturated heterocycles. The number of nitrogens with zero attached hydrogens (tertiary/aromatic N) is 4. The Kier molecular flexibility index (Phi) is 14.3. The molecule has 1 aromatic heterocycles. The standard InChI is InChI=1S/C48H58N4O8/c1-4-25-58-48-43(52(3)47(55)34-19-17-33(30-49)18-20-34)29-41(51-60-44-16-7-10-26-56-44)39-27-35(13-5-8-23-53)38(15-6-9-24-54)45(46(39)48)40-28-37(21-22-42(40)59-48)57-31-36-14-11-12-32(2)50-36/h4,11-12,14,17-22,27-28,35,38,43-46,53-54H,1,5-10,13,15-16,23-26,29,31H2,2-3H3/t35-,38+,43-,44?,45+,46+,48+/m0/s1. The van der Waals surface area contributed by atoms with Gasteiger partial charge < -0.3 is 38.9 Å². The van der Waals surface area contributed by atoms with Gasteiger partial charge in [-0.25, -0.2) is 0 Å². The van der Waals surface area contributed by atoms with Gasteiger partial charge in [0.2, 0.25) is 12.1 Å². The highest BCUT2D eigenvalue weighted by atomic mass is 16.8. The number of oxime groups is 1. The minimum absolute atomic E-state index is 0.0640. The molecule has 0 spiro atoms. The van der Waals surface area contributed by atoms with Crippen LogP contribution in [-0.4, -0.2) is 83.3 Å². The summed E-state index contributed by atoms with van der Waals surface area (Å²) in [7, 11) is 1.77. The van der Waals surface area contributed by atoms with E-state index in [-0.39, 0.29) is 49.9 Å². The number of carbonyl (C=O) groups excluding carboxylic acids is 1. The van der Waals surface area contributed by atoms with E-state index < -0.39 is 24.0 Å². The molecule has 60 heavy (non-hydrogen) atoms. The van der Waals surface area contributed by atoms with Gasteiger partial charge in [-0.15, -0.1) is 6.58 Å². The Morgan fingerprint density at radius 2 is 1.88 bits per heavy atom. The lowest BCUT2D eigenvalue weighted by molar-refractivity contribution is -0.252. The van der Waals surface area contributed by atoms with Gasteiger partial charge in [0.05, 0.1) is 42.2 Å². The number of benzene rings is 2. The van der Waals surface area contributed by atoms with Gasteiger partial charge in [0.25, 0.3) is 5.91 Å². The topological polar surface area (TPSA) is 156 Å². The summed E-state index contributed by atoms with van der Waals surface area (Å²) >= 11 is 0. The van der Waals surface area contributed by atoms with E-state index in [1.807, 2.05) is 37.3 Å². The van der Waals surface area contributed by atoms with Gasteiger partial charge in [-0.2, -0.15) is 5.26 Å². The molecule has 4 aliphatic rings. The lowest BCUT2D eigenvalue weighted by atomic mass is 9.55. The molecule has 0 bridgehead atoms. The summed E-state index contributed by atoms with van der Waals surface area (Å²) in [6.07, 6.45) is 11.1. The monoisotopic (exact) mass is 818 g/mol. The molecule has 2 aliphatic heterocycles. The molecule has 3 heterocycles. The van der Waals surface area contributed by atoms with Crippen molar-refractivity contribution in [1.82, 2.24) is 9.88 Å². The van der Waals surface area contributed by atoms with E-state index in [2.05, 4.69) is 29.8 Å². The number of unbranched alkanes of at least 4 members (excludes halogenated alkanes) is 2. The van der Waals surface area contributed by atoms with Crippen LogP contribution < -0.4 is 9.47 Å². The molecule has 0 radical (unpaired) electrons. The number of fused-ring (bicyclic) bond motifs is 2. The Labute approximate surface area is 353 Å². The maximum atomic E-state index is 14.6. The van der Waals surface area contributed by atoms with E-state index >= 15 is 0 Å². The number of hydrogen-bond acceptors (Lipinski definition) is 11. The predicted octanol–water partition coefficient (Wildman–Crippen LogP) is 7.77. The third kappa shape index (κ3) is 9.30. The molecule has 12 heteroatoms. The molecule has 7 rings (SSSR count). The number of aromatic nitrogens is 1. The second-order valence-electron chi connectivity index (χ2n) is 16.3. The number of carbonyl (C=O) groups is 1. The van der Waals surface area contributed by atoms with Crippen LogP contribution >= 0.6 is 0 Å². The Hall–Kier alpha value is -5.06. The summed E-state index contributed by atoms with van der Waals surface area (Å²) < 4.78 is 26.7. The molecule has 3 aromatic rings. The fraction of sp³-hybridized carbons (Fsp3) is 0.500. The first-order chi connectivity index (χ1) is 29.3. The summed E-state index contributed by atoms with van der Waals surface area (Å²) in [6, 6.07) is 19.9. The molecule has 1 unspecified atom stereocenters. The summed E-state index contributed by atoms with van der Waals surface area (Å²) in [6.45, 7) is 7.22. The third-order valence-corrected chi connectivity index (χ3v) is 12.4. The van der Waals surface area contributed by atoms with Gasteiger partial charge in [0, 0.05) is 55.8 Å². The lowest BCUT2D eigenvalue weighted by Crippen LogP contribution is -2.69. The first kappa shape index (κ1) is 43.0. The van der Waals surface area contributed by atoms with Crippen molar-refractivity contribution in [1.29, 1.82) is 5.26 Å². The Morgan fingerprint density at radius 3 is 2.60 bits per heavy atom. The summed E-state index contributed by atoms with van der Waals surface area (Å²) in [5.74, 6) is -0.851. The second-order valence-corrected chi connectivity index (χ2v) is 16.3. The number of pyridine rings is 1. The van der Waals surface area contributed by atoms with Crippen LogP contribution in [0.15, 0.2) is 90.1 Å². The molecule has 2 fully saturated rings. The maximum Gasteiger partial charge on any atom is 0.254 e. The van der Waals surface area contributed by atoms with Gasteiger partial charge in [-0.05, 0) is 117 Å². The first-order valence-corrected chi connectivity index (χ1v) is 21.5. The van der Waals surface area contributed by atoms with Crippen molar-refractivity contribution in [3.63, 3.8) is 0 Å². The first-order valence-electron chi connectivity index (χ1n) is 21.5. The zero-order valence-electron chi connectivity index (χ0n) is 34.8. The van der Waals surface area contributed by atoms with Crippen LogP contribution in [0.4, 0.5) is 0 Å². The highest BCUT2D eigenvalue weighted by Gasteiger charge is 2.65. The number of hydrogen-bond donors (Lipinski definition) is 2. The molecular weight excluding hydrogens is 761 g/mol. The van der Waals surface area contributed by atoms with Crippen LogP contribution in [0, 0.1) is 36.0 Å². The van der Waals surface area contributed by atoms with Crippen LogP contribution in [-0.2, 0) is 20.9 Å². The number of ether oxygens (including phenoxy) is 4. The van der Waals surface area contributed by atoms with E-state index in [9.17, 15) is 20.3 Å². The van der Waals surface area contributed by atoms with Crippen molar-refractivity contribution < 1.29 is 38.8 Å². The van der Waals surface area contributed by atoms with Crippen LogP contribution in [0.1, 0.15) is 103 Å². The predicted molar refractivity (Wildman–Crippen MR) is 226 cm³/mol. The molecule has 2 aliphatic carbocycles. The normalized spacial score (nSPS) is 26.1. The Morgan fingerprint density at radius 1 is 1.08 bits per heavy atom. The molecule has 2 N–H and O–H groups in total. The maximum absolute atomic E-state index is 14.6. The van der Waals surface area contributed by atoms with Crippen LogP contribution in [0.2, 0.25) is 0 Å². The highest BCUT2D eigenvalue weighted by molar-refractivity contribution is 6.03. The number of aliphatic hydroxyl groups is 2. The minimum Gasteiger partial charge on any atom is -0.487 e. The summed E-state index contributed by atoms with van der Waals surface area (Å²) in [4.78, 5) is 27.1. The SMILES string of the molecule is C=CCO[C@@]12Oc3ccc(OCc4cccc(C)n4)cc3[C@H]3[C@H](CCCCO)[C@@H](CCCCO)C=C(C(=NOC4CCCCO4)C[C@@H]1N(C)C(=O)c1ccc(C#N)cc1)[C@H]32. The van der Waals surface area contributed by atoms with Crippen molar-refractivity contribution in [2.45, 2.75) is 102 Å². The minimum atomic E-state index is -1.39. The number of aryl methyl sites for hydroxylation is 1. The van der Waals surface area contributed by atoms with E-state index in [4.69, 9.17) is 28.9 Å². The molecule has 12 nitrogen and oxygen atoms in total. The average Bonchev–Trinajstić information content (AvgIpc) is 3.28. The summed E-state index contributed by atoms with van der Waals surface area (Å²) in [5, 5.41) is 34.2. The zero-order chi connectivity index (χ0) is 42.1. The molecule has 2 aromatic carbocycles. The van der Waals surface area contributed by atoms with E-state index in [1.54, 1.807) is 42.3 Å². The van der Waals surface area contributed by atoms with Gasteiger partial charge in [0.15, 0.2) is 0 Å². The number of nitriles is 1. The number of rotatable bonds is 18. The van der Waals surface area contributed by atoms with Crippen LogP contribution in [0.3, 0.4) is 0 Å². The summed E-state index contributed by atoms with van der Waals surface area (Å²) in [5.41, 5.74) is 5.24. The fourth-order valence-corrected chi connectivity index (χ4v) is 9.60. The highest BCUT2D eigenvalue weighted by Crippen LogP contribution is 2.62. The van der Waals surface area contributed by atoms with Crippen molar-refractivity contribution in [2.75, 3.05) is 33.5 Å². The van der Waals surface area contributed by atoms with Crippen molar-refractivity contribution in [3.05, 3.63) is 113 Å². The molecule has 1 amide bonds. The van der Waals surface area contributed by atoms with Gasteiger partial charge in [-0.3, -0.25) is 9.78 Å². The molecular formula is C48H58N4O8. The number of aliphatic hydroxyl groups excluding tert-OH is 2. The van der Waals surface area contributed by atoms with Gasteiger partial charge in [0.1, 0.15) is 24.1 Å². The fourth-order valence-electron chi connectivity index (χ4n) is 9.60. The molecule has 318 valence electrons. The molecule has 7 atom stereocenters. The van der Waals surface area contributed by atoms with Gasteiger partial charge >= 0.3 is 0 Å². The van der Waals surface area contributed by atoms with E-state index in [0.717, 1.165) is 67.5 Å². The van der Waals surface area contributed by atoms with Crippen molar-refractivity contribution >= 4 is 11.6 Å². The lowest BCUT2D eigenvalue weighted by Gasteiger charge is -2.59. The number of amides is 1. The van der Waals surface area contributed by atoms with Crippen LogP contribution in [0.5, 0.6) is 11.5 Å². The number of allylic oxidation sites excluding steroid dienone is 1. The Balaban J connectivity index is 1.40. The second kappa shape index (κ2) is 20.0. The average molecular weight is 819 g/mol. The third-order valence-electron chi connectivity index (χ3n) is 12.4. The van der Waals surface area contributed by atoms with Crippen LogP contribution in [0.25, 0.3) is 0 Å². The van der Waals surface area contributed by atoms with Gasteiger partial charge in [-0.1, -0.05) is 36.2 Å². The van der Waals surface area contributed by atoms with Crippen molar-refractivity contribution in [3.8, 4) is 17.6 Å². The largest absolute Gasteiger partial charge is 0.487 e. The van der Waals surface area contributed by atoms with E-state index in [1.165, 1.54) is 0 Å². The quantitative estimate of drug-likeness (QED) is 0.0739. The van der Waals surface area contributed by atoms with E-state index in [0.29, 0.717) is 54.4 Å². The molecule has 1 saturated carbocycles.